The molecule has 1 N–H and O–H groups in total. The molecule has 3 heterocycles. The van der Waals surface area contributed by atoms with Gasteiger partial charge in [0, 0.05) is 26.7 Å². The van der Waals surface area contributed by atoms with Crippen molar-refractivity contribution in [3.63, 3.8) is 0 Å². The molecule has 0 saturated carbocycles. The summed E-state index contributed by atoms with van der Waals surface area (Å²) >= 11 is 1.30. The fraction of sp³-hybridized carbons (Fsp3) is 0.611. The van der Waals surface area contributed by atoms with Crippen LogP contribution in [0.3, 0.4) is 0 Å². The highest BCUT2D eigenvalue weighted by Gasteiger charge is 2.24. The van der Waals surface area contributed by atoms with Gasteiger partial charge in [-0.25, -0.2) is 4.98 Å². The number of thiophene rings is 1. The molecule has 3 rings (SSSR count). The Hall–Kier alpha value is -1.73. The second kappa shape index (κ2) is 7.25. The van der Waals surface area contributed by atoms with Crippen molar-refractivity contribution in [1.82, 2.24) is 19.8 Å². The quantitative estimate of drug-likeness (QED) is 0.884. The van der Waals surface area contributed by atoms with Crippen molar-refractivity contribution in [3.8, 4) is 0 Å². The van der Waals surface area contributed by atoms with E-state index in [4.69, 9.17) is 0 Å². The van der Waals surface area contributed by atoms with Crippen LogP contribution in [0.5, 0.6) is 0 Å². The minimum Gasteiger partial charge on any atom is -0.351 e. The first-order chi connectivity index (χ1) is 11.9. The van der Waals surface area contributed by atoms with Crippen LogP contribution in [-0.2, 0) is 7.05 Å². The van der Waals surface area contributed by atoms with Crippen LogP contribution in [0, 0.1) is 18.8 Å². The summed E-state index contributed by atoms with van der Waals surface area (Å²) in [6.07, 6.45) is 2.63. The average molecular weight is 362 g/mol. The van der Waals surface area contributed by atoms with Crippen LogP contribution in [0.4, 0.5) is 0 Å². The summed E-state index contributed by atoms with van der Waals surface area (Å²) in [5, 5.41) is 3.62. The molecule has 2 aromatic heterocycles. The van der Waals surface area contributed by atoms with E-state index in [9.17, 15) is 9.59 Å². The summed E-state index contributed by atoms with van der Waals surface area (Å²) in [7, 11) is 1.68. The van der Waals surface area contributed by atoms with E-state index in [-0.39, 0.29) is 11.5 Å². The van der Waals surface area contributed by atoms with Gasteiger partial charge in [0.15, 0.2) is 0 Å². The Morgan fingerprint density at radius 2 is 2.24 bits per heavy atom. The van der Waals surface area contributed by atoms with E-state index < -0.39 is 0 Å². The Labute approximate surface area is 151 Å². The van der Waals surface area contributed by atoms with Crippen LogP contribution in [0.15, 0.2) is 11.1 Å². The molecule has 1 aliphatic rings. The van der Waals surface area contributed by atoms with E-state index in [1.54, 1.807) is 7.05 Å². The summed E-state index contributed by atoms with van der Waals surface area (Å²) in [5.74, 6) is 1.08. The fourth-order valence-electron chi connectivity index (χ4n) is 3.50. The summed E-state index contributed by atoms with van der Waals surface area (Å²) in [6.45, 7) is 10.3. The predicted octanol–water partition coefficient (Wildman–Crippen LogP) is 2.01. The van der Waals surface area contributed by atoms with E-state index in [1.807, 2.05) is 6.92 Å². The third-order valence-electron chi connectivity index (χ3n) is 4.76. The molecule has 0 bridgehead atoms. The first-order valence-corrected chi connectivity index (χ1v) is 9.63. The Bertz CT molecular complexity index is 839. The Morgan fingerprint density at radius 1 is 1.48 bits per heavy atom. The summed E-state index contributed by atoms with van der Waals surface area (Å²) in [6, 6.07) is 0. The van der Waals surface area contributed by atoms with Gasteiger partial charge in [0.2, 0.25) is 0 Å². The predicted molar refractivity (Wildman–Crippen MR) is 101 cm³/mol. The second-order valence-corrected chi connectivity index (χ2v) is 8.41. The molecule has 0 aromatic carbocycles. The van der Waals surface area contributed by atoms with Crippen molar-refractivity contribution in [2.45, 2.75) is 27.2 Å². The minimum atomic E-state index is -0.0991. The SMILES string of the molecule is Cc1c(C(=O)NCC2CCN(CC(C)C)C2)sc2ncn(C)c(=O)c12. The third kappa shape index (κ3) is 3.77. The number of aryl methyl sites for hydroxylation is 2. The van der Waals surface area contributed by atoms with Gasteiger partial charge in [0.25, 0.3) is 11.5 Å². The van der Waals surface area contributed by atoms with Gasteiger partial charge in [-0.15, -0.1) is 11.3 Å². The lowest BCUT2D eigenvalue weighted by Gasteiger charge is -2.18. The lowest BCUT2D eigenvalue weighted by molar-refractivity contribution is 0.0951. The Morgan fingerprint density at radius 3 is 2.96 bits per heavy atom. The number of amides is 1. The topological polar surface area (TPSA) is 67.2 Å². The normalized spacial score (nSPS) is 18.4. The maximum atomic E-state index is 12.6. The Balaban J connectivity index is 1.66. The van der Waals surface area contributed by atoms with Crippen molar-refractivity contribution >= 4 is 27.5 Å². The number of rotatable bonds is 5. The monoisotopic (exact) mass is 362 g/mol. The highest BCUT2D eigenvalue weighted by Crippen LogP contribution is 2.26. The molecular weight excluding hydrogens is 336 g/mol. The molecule has 7 heteroatoms. The van der Waals surface area contributed by atoms with Crippen molar-refractivity contribution in [3.05, 3.63) is 27.1 Å². The molecule has 25 heavy (non-hydrogen) atoms. The van der Waals surface area contributed by atoms with Gasteiger partial charge in [-0.05, 0) is 37.3 Å². The van der Waals surface area contributed by atoms with Gasteiger partial charge < -0.3 is 14.8 Å². The number of likely N-dealkylation sites (tertiary alicyclic amines) is 1. The van der Waals surface area contributed by atoms with Gasteiger partial charge in [-0.3, -0.25) is 9.59 Å². The fourth-order valence-corrected chi connectivity index (χ4v) is 4.56. The number of hydrogen-bond donors (Lipinski definition) is 1. The molecule has 0 spiro atoms. The highest BCUT2D eigenvalue weighted by atomic mass is 32.1. The van der Waals surface area contributed by atoms with Gasteiger partial charge in [0.1, 0.15) is 4.83 Å². The number of carbonyl (C=O) groups excluding carboxylic acids is 1. The molecule has 0 radical (unpaired) electrons. The third-order valence-corrected chi connectivity index (χ3v) is 5.96. The standard InChI is InChI=1S/C18H26N4O2S/c1-11(2)8-22-6-5-13(9-22)7-19-16(23)15-12(3)14-17(25-15)20-10-21(4)18(14)24/h10-11,13H,5-9H2,1-4H3,(H,19,23). The average Bonchev–Trinajstić information content (AvgIpc) is 3.13. The summed E-state index contributed by atoms with van der Waals surface area (Å²) in [4.78, 5) is 32.8. The van der Waals surface area contributed by atoms with E-state index in [0.717, 1.165) is 31.6 Å². The molecule has 1 atom stereocenters. The first kappa shape index (κ1) is 18.1. The molecule has 1 fully saturated rings. The van der Waals surface area contributed by atoms with Crippen LogP contribution < -0.4 is 10.9 Å². The van der Waals surface area contributed by atoms with E-state index in [0.29, 0.717) is 33.5 Å². The summed E-state index contributed by atoms with van der Waals surface area (Å²) in [5.41, 5.74) is 0.636. The molecule has 0 aliphatic carbocycles. The number of fused-ring (bicyclic) bond motifs is 1. The molecule has 136 valence electrons. The van der Waals surface area contributed by atoms with Crippen molar-refractivity contribution in [1.29, 1.82) is 0 Å². The molecule has 6 nitrogen and oxygen atoms in total. The molecule has 1 saturated heterocycles. The van der Waals surface area contributed by atoms with Gasteiger partial charge >= 0.3 is 0 Å². The van der Waals surface area contributed by atoms with Crippen LogP contribution in [0.1, 0.15) is 35.5 Å². The van der Waals surface area contributed by atoms with Crippen LogP contribution in [0.2, 0.25) is 0 Å². The molecular formula is C18H26N4O2S. The number of aromatic nitrogens is 2. The number of nitrogens with zero attached hydrogens (tertiary/aromatic N) is 3. The minimum absolute atomic E-state index is 0.0927. The first-order valence-electron chi connectivity index (χ1n) is 8.82. The molecule has 1 amide bonds. The smallest absolute Gasteiger partial charge is 0.262 e. The van der Waals surface area contributed by atoms with E-state index in [2.05, 4.69) is 29.0 Å². The van der Waals surface area contributed by atoms with Crippen molar-refractivity contribution in [2.24, 2.45) is 18.9 Å². The lowest BCUT2D eigenvalue weighted by Crippen LogP contribution is -2.31. The van der Waals surface area contributed by atoms with E-state index >= 15 is 0 Å². The van der Waals surface area contributed by atoms with Crippen molar-refractivity contribution < 1.29 is 4.79 Å². The Kier molecular flexibility index (Phi) is 5.24. The number of nitrogens with one attached hydrogen (secondary N) is 1. The molecule has 2 aromatic rings. The lowest BCUT2D eigenvalue weighted by atomic mass is 10.1. The van der Waals surface area contributed by atoms with Crippen molar-refractivity contribution in [2.75, 3.05) is 26.2 Å². The zero-order valence-corrected chi connectivity index (χ0v) is 16.2. The zero-order valence-electron chi connectivity index (χ0n) is 15.3. The van der Waals surface area contributed by atoms with Gasteiger partial charge in [-0.2, -0.15) is 0 Å². The highest BCUT2D eigenvalue weighted by molar-refractivity contribution is 7.20. The van der Waals surface area contributed by atoms with Gasteiger partial charge in [0.05, 0.1) is 16.6 Å². The largest absolute Gasteiger partial charge is 0.351 e. The number of carbonyl (C=O) groups is 1. The van der Waals surface area contributed by atoms with Crippen LogP contribution in [-0.4, -0.2) is 46.5 Å². The van der Waals surface area contributed by atoms with E-state index in [1.165, 1.54) is 22.2 Å². The molecule has 1 aliphatic heterocycles. The van der Waals surface area contributed by atoms with Crippen LogP contribution in [0.25, 0.3) is 10.2 Å². The van der Waals surface area contributed by atoms with Gasteiger partial charge in [-0.1, -0.05) is 13.8 Å². The van der Waals surface area contributed by atoms with Crippen LogP contribution >= 0.6 is 11.3 Å². The summed E-state index contributed by atoms with van der Waals surface area (Å²) < 4.78 is 1.45. The maximum Gasteiger partial charge on any atom is 0.262 e. The maximum absolute atomic E-state index is 12.6. The number of hydrogen-bond acceptors (Lipinski definition) is 5. The molecule has 1 unspecified atom stereocenters. The zero-order chi connectivity index (χ0) is 18.1. The second-order valence-electron chi connectivity index (χ2n) is 7.42.